The minimum Gasteiger partial charge on any atom is -0.369 e. The highest BCUT2D eigenvalue weighted by molar-refractivity contribution is 6.30. The molecule has 2 N–H and O–H groups in total. The first-order valence-corrected chi connectivity index (χ1v) is 9.55. The van der Waals surface area contributed by atoms with E-state index in [4.69, 9.17) is 23.2 Å². The van der Waals surface area contributed by atoms with Gasteiger partial charge in [-0.2, -0.15) is 0 Å². The molecule has 26 heavy (non-hydrogen) atoms. The Morgan fingerprint density at radius 1 is 1.31 bits per heavy atom. The van der Waals surface area contributed by atoms with Gasteiger partial charge >= 0.3 is 0 Å². The van der Waals surface area contributed by atoms with Gasteiger partial charge in [-0.3, -0.25) is 0 Å². The summed E-state index contributed by atoms with van der Waals surface area (Å²) >= 11 is 11.9. The molecule has 0 spiro atoms. The second kappa shape index (κ2) is 9.10. The van der Waals surface area contributed by atoms with Crippen LogP contribution in [-0.4, -0.2) is 36.6 Å². The normalized spacial score (nSPS) is 17.4. The van der Waals surface area contributed by atoms with E-state index in [0.717, 1.165) is 48.3 Å². The summed E-state index contributed by atoms with van der Waals surface area (Å²) in [5, 5.41) is 8.10. The lowest BCUT2D eigenvalue weighted by molar-refractivity contribution is 0.649. The third-order valence-corrected chi connectivity index (χ3v) is 4.71. The third kappa shape index (κ3) is 5.26. The molecule has 0 bridgehead atoms. The minimum atomic E-state index is 0.343. The smallest absolute Gasteiger partial charge is 0.191 e. The molecule has 2 aromatic rings. The van der Waals surface area contributed by atoms with Gasteiger partial charge in [0.2, 0.25) is 0 Å². The Hall–Kier alpha value is -1.98. The molecular formula is C19H23Cl2N5. The number of benzene rings is 1. The minimum absolute atomic E-state index is 0.343. The fraction of sp³-hybridized carbons (Fsp3) is 0.368. The summed E-state index contributed by atoms with van der Waals surface area (Å²) < 4.78 is 0. The summed E-state index contributed by atoms with van der Waals surface area (Å²) in [7, 11) is 0. The number of rotatable bonds is 5. The Morgan fingerprint density at radius 2 is 2.19 bits per heavy atom. The lowest BCUT2D eigenvalue weighted by Crippen LogP contribution is -2.44. The van der Waals surface area contributed by atoms with Crippen LogP contribution in [0.5, 0.6) is 0 Å². The number of aromatic nitrogens is 1. The van der Waals surface area contributed by atoms with Crippen molar-refractivity contribution in [1.29, 1.82) is 0 Å². The van der Waals surface area contributed by atoms with E-state index < -0.39 is 0 Å². The highest BCUT2D eigenvalue weighted by Crippen LogP contribution is 2.23. The summed E-state index contributed by atoms with van der Waals surface area (Å²) in [6.07, 6.45) is 2.81. The number of halogens is 2. The molecule has 1 fully saturated rings. The zero-order chi connectivity index (χ0) is 18.4. The molecule has 0 amide bonds. The molecule has 3 rings (SSSR count). The average Bonchev–Trinajstić information content (AvgIpc) is 3.10. The molecule has 0 aliphatic carbocycles. The van der Waals surface area contributed by atoms with Crippen LogP contribution < -0.4 is 15.5 Å². The van der Waals surface area contributed by atoms with Crippen LogP contribution in [0.4, 0.5) is 5.69 Å². The highest BCUT2D eigenvalue weighted by atomic mass is 35.5. The van der Waals surface area contributed by atoms with Crippen molar-refractivity contribution in [3.8, 4) is 0 Å². The number of nitrogens with zero attached hydrogens (tertiary/aromatic N) is 3. The molecule has 1 aromatic heterocycles. The number of pyridine rings is 1. The number of guanidine groups is 1. The summed E-state index contributed by atoms with van der Waals surface area (Å²) in [4.78, 5) is 11.1. The summed E-state index contributed by atoms with van der Waals surface area (Å²) in [6, 6.07) is 12.1. The van der Waals surface area contributed by atoms with Crippen LogP contribution in [-0.2, 0) is 6.54 Å². The third-order valence-electron chi connectivity index (χ3n) is 4.26. The van der Waals surface area contributed by atoms with Gasteiger partial charge in [0.15, 0.2) is 5.96 Å². The first-order valence-electron chi connectivity index (χ1n) is 8.80. The topological polar surface area (TPSA) is 52.6 Å². The van der Waals surface area contributed by atoms with Crippen LogP contribution in [0.2, 0.25) is 10.2 Å². The monoisotopic (exact) mass is 391 g/mol. The molecule has 1 aliphatic heterocycles. The van der Waals surface area contributed by atoms with Gasteiger partial charge in [0.05, 0.1) is 6.54 Å². The predicted octanol–water partition coefficient (Wildman–Crippen LogP) is 3.72. The van der Waals surface area contributed by atoms with E-state index in [1.54, 1.807) is 12.3 Å². The van der Waals surface area contributed by atoms with E-state index in [2.05, 4.69) is 38.5 Å². The molecule has 1 saturated heterocycles. The number of anilines is 1. The van der Waals surface area contributed by atoms with Gasteiger partial charge in [-0.05, 0) is 43.2 Å². The van der Waals surface area contributed by atoms with E-state index in [-0.39, 0.29) is 0 Å². The van der Waals surface area contributed by atoms with Crippen LogP contribution in [0.1, 0.15) is 18.9 Å². The number of hydrogen-bond donors (Lipinski definition) is 2. The fourth-order valence-electron chi connectivity index (χ4n) is 2.97. The summed E-state index contributed by atoms with van der Waals surface area (Å²) in [6.45, 7) is 5.36. The van der Waals surface area contributed by atoms with Gasteiger partial charge < -0.3 is 15.5 Å². The van der Waals surface area contributed by atoms with Gasteiger partial charge in [-0.1, -0.05) is 35.3 Å². The second-order valence-corrected chi connectivity index (χ2v) is 7.06. The Labute approximate surface area is 164 Å². The molecule has 1 aromatic carbocycles. The van der Waals surface area contributed by atoms with E-state index >= 15 is 0 Å². The van der Waals surface area contributed by atoms with Crippen molar-refractivity contribution < 1.29 is 0 Å². The Bertz CT molecular complexity index is 748. The predicted molar refractivity (Wildman–Crippen MR) is 109 cm³/mol. The van der Waals surface area contributed by atoms with Gasteiger partial charge in [-0.25, -0.2) is 9.98 Å². The van der Waals surface area contributed by atoms with Crippen LogP contribution in [0, 0.1) is 0 Å². The number of hydrogen-bond acceptors (Lipinski definition) is 3. The molecule has 1 atom stereocenters. The van der Waals surface area contributed by atoms with Crippen molar-refractivity contribution >= 4 is 34.8 Å². The van der Waals surface area contributed by atoms with Crippen molar-refractivity contribution in [1.82, 2.24) is 15.6 Å². The SMILES string of the molecule is CCNC(=NCc1ccc(Cl)nc1)NC1CCN(c2cccc(Cl)c2)C1. The lowest BCUT2D eigenvalue weighted by Gasteiger charge is -2.20. The molecule has 1 aliphatic rings. The first kappa shape index (κ1) is 18.8. The Morgan fingerprint density at radius 3 is 2.92 bits per heavy atom. The zero-order valence-electron chi connectivity index (χ0n) is 14.8. The molecule has 0 radical (unpaired) electrons. The molecule has 138 valence electrons. The number of nitrogens with one attached hydrogen (secondary N) is 2. The van der Waals surface area contributed by atoms with Crippen LogP contribution in [0.3, 0.4) is 0 Å². The summed E-state index contributed by atoms with van der Waals surface area (Å²) in [5.41, 5.74) is 2.19. The van der Waals surface area contributed by atoms with Crippen molar-refractivity contribution in [2.45, 2.75) is 25.9 Å². The van der Waals surface area contributed by atoms with Crippen molar-refractivity contribution in [3.05, 3.63) is 58.3 Å². The fourth-order valence-corrected chi connectivity index (χ4v) is 3.27. The van der Waals surface area contributed by atoms with Gasteiger partial charge in [0, 0.05) is 42.6 Å². The maximum Gasteiger partial charge on any atom is 0.191 e. The molecule has 7 heteroatoms. The van der Waals surface area contributed by atoms with Gasteiger partial charge in [0.25, 0.3) is 0 Å². The summed E-state index contributed by atoms with van der Waals surface area (Å²) in [5.74, 6) is 0.820. The van der Waals surface area contributed by atoms with Crippen LogP contribution >= 0.6 is 23.2 Å². The van der Waals surface area contributed by atoms with Crippen molar-refractivity contribution in [3.63, 3.8) is 0 Å². The Balaban J connectivity index is 1.59. The van der Waals surface area contributed by atoms with Crippen molar-refractivity contribution in [2.24, 2.45) is 4.99 Å². The molecular weight excluding hydrogens is 369 g/mol. The van der Waals surface area contributed by atoms with E-state index in [9.17, 15) is 0 Å². The standard InChI is InChI=1S/C19H23Cl2N5/c1-2-22-19(24-12-14-6-7-18(21)23-11-14)25-16-8-9-26(13-16)17-5-3-4-15(20)10-17/h3-7,10-11,16H,2,8-9,12-13H2,1H3,(H2,22,24,25). The largest absolute Gasteiger partial charge is 0.369 e. The zero-order valence-corrected chi connectivity index (χ0v) is 16.3. The van der Waals surface area contributed by atoms with Crippen LogP contribution in [0.15, 0.2) is 47.6 Å². The second-order valence-electron chi connectivity index (χ2n) is 6.24. The molecule has 2 heterocycles. The van der Waals surface area contributed by atoms with Gasteiger partial charge in [0.1, 0.15) is 5.15 Å². The first-order chi connectivity index (χ1) is 12.6. The quantitative estimate of drug-likeness (QED) is 0.463. The maximum atomic E-state index is 6.11. The highest BCUT2D eigenvalue weighted by Gasteiger charge is 2.23. The average molecular weight is 392 g/mol. The molecule has 5 nitrogen and oxygen atoms in total. The number of aliphatic imine (C=N–C) groups is 1. The Kier molecular flexibility index (Phi) is 6.58. The molecule has 0 saturated carbocycles. The maximum absolute atomic E-state index is 6.11. The van der Waals surface area contributed by atoms with E-state index in [1.165, 1.54) is 0 Å². The van der Waals surface area contributed by atoms with E-state index in [0.29, 0.717) is 17.7 Å². The van der Waals surface area contributed by atoms with E-state index in [1.807, 2.05) is 24.3 Å². The van der Waals surface area contributed by atoms with Crippen LogP contribution in [0.25, 0.3) is 0 Å². The molecule has 1 unspecified atom stereocenters. The van der Waals surface area contributed by atoms with Gasteiger partial charge in [-0.15, -0.1) is 0 Å². The lowest BCUT2D eigenvalue weighted by atomic mass is 10.2. The van der Waals surface area contributed by atoms with Crippen molar-refractivity contribution in [2.75, 3.05) is 24.5 Å².